The lowest BCUT2D eigenvalue weighted by Crippen LogP contribution is -2.10. The monoisotopic (exact) mass is 273 g/mol. The number of nitrogens with two attached hydrogens (primary N) is 1. The van der Waals surface area contributed by atoms with Crippen molar-refractivity contribution in [2.24, 2.45) is 13.0 Å². The normalized spacial score (nSPS) is 15.2. The summed E-state index contributed by atoms with van der Waals surface area (Å²) in [7, 11) is 1.93. The molecular weight excluding hydrogens is 250 g/mol. The van der Waals surface area contributed by atoms with Crippen LogP contribution in [0.4, 0.5) is 5.82 Å². The van der Waals surface area contributed by atoms with E-state index in [-0.39, 0.29) is 0 Å². The maximum Gasteiger partial charge on any atom is 0.131 e. The average molecular weight is 273 g/mol. The van der Waals surface area contributed by atoms with E-state index in [1.165, 1.54) is 12.8 Å². The molecule has 1 aliphatic carbocycles. The number of anilines is 1. The minimum Gasteiger partial charge on any atom is -0.383 e. The topological polar surface area (TPSA) is 61.7 Å². The van der Waals surface area contributed by atoms with Gasteiger partial charge in [-0.15, -0.1) is 0 Å². The first-order valence-corrected chi connectivity index (χ1v) is 7.34. The number of imidazole rings is 1. The van der Waals surface area contributed by atoms with E-state index in [9.17, 15) is 0 Å². The Morgan fingerprint density at radius 2 is 2.10 bits per heavy atom. The van der Waals surface area contributed by atoms with Crippen LogP contribution in [0.15, 0.2) is 6.20 Å². The molecule has 0 atom stereocenters. The quantitative estimate of drug-likeness (QED) is 0.931. The minimum atomic E-state index is 0.562. The fraction of sp³-hybridized carbons (Fsp3) is 0.600. The third kappa shape index (κ3) is 2.21. The van der Waals surface area contributed by atoms with E-state index in [0.717, 1.165) is 35.1 Å². The van der Waals surface area contributed by atoms with Gasteiger partial charge in [-0.1, -0.05) is 13.8 Å². The summed E-state index contributed by atoms with van der Waals surface area (Å²) < 4.78 is 4.03. The molecule has 0 unspecified atom stereocenters. The molecule has 20 heavy (non-hydrogen) atoms. The van der Waals surface area contributed by atoms with Crippen molar-refractivity contribution in [1.29, 1.82) is 0 Å². The second-order valence-electron chi connectivity index (χ2n) is 6.28. The van der Waals surface area contributed by atoms with Crippen LogP contribution in [-0.2, 0) is 13.6 Å². The Labute approximate surface area is 119 Å². The van der Waals surface area contributed by atoms with E-state index < -0.39 is 0 Å². The van der Waals surface area contributed by atoms with Gasteiger partial charge in [0.25, 0.3) is 0 Å². The number of hydrogen-bond acceptors (Lipinski definition) is 3. The Bertz CT molecular complexity index is 631. The zero-order valence-electron chi connectivity index (χ0n) is 12.7. The summed E-state index contributed by atoms with van der Waals surface area (Å²) >= 11 is 0. The molecule has 0 saturated heterocycles. The number of rotatable bonds is 4. The molecule has 0 amide bonds. The molecule has 2 aromatic rings. The highest BCUT2D eigenvalue weighted by molar-refractivity contribution is 5.72. The van der Waals surface area contributed by atoms with Gasteiger partial charge in [-0.3, -0.25) is 4.68 Å². The van der Waals surface area contributed by atoms with Crippen LogP contribution < -0.4 is 5.73 Å². The van der Waals surface area contributed by atoms with Crippen LogP contribution in [0.25, 0.3) is 11.3 Å². The Balaban J connectivity index is 2.10. The number of nitrogen functional groups attached to an aromatic ring is 1. The highest BCUT2D eigenvalue weighted by atomic mass is 15.3. The molecule has 1 aliphatic rings. The van der Waals surface area contributed by atoms with Gasteiger partial charge in [0.05, 0.1) is 5.69 Å². The zero-order valence-corrected chi connectivity index (χ0v) is 12.7. The SMILES string of the molecule is Cc1nn(C)cc1-c1nc(C2CC2)n(CC(C)C)c1N. The van der Waals surface area contributed by atoms with Crippen LogP contribution in [0.2, 0.25) is 0 Å². The first kappa shape index (κ1) is 13.2. The van der Waals surface area contributed by atoms with E-state index in [1.54, 1.807) is 0 Å². The maximum atomic E-state index is 6.39. The summed E-state index contributed by atoms with van der Waals surface area (Å²) in [5.74, 6) is 3.11. The second kappa shape index (κ2) is 4.65. The lowest BCUT2D eigenvalue weighted by atomic mass is 10.2. The number of nitrogens with zero attached hydrogens (tertiary/aromatic N) is 4. The van der Waals surface area contributed by atoms with E-state index >= 15 is 0 Å². The first-order valence-electron chi connectivity index (χ1n) is 7.34. The van der Waals surface area contributed by atoms with Gasteiger partial charge >= 0.3 is 0 Å². The van der Waals surface area contributed by atoms with Crippen LogP contribution in [0.3, 0.4) is 0 Å². The van der Waals surface area contributed by atoms with Crippen LogP contribution in [0.1, 0.15) is 44.1 Å². The van der Waals surface area contributed by atoms with Gasteiger partial charge in [-0.25, -0.2) is 4.98 Å². The van der Waals surface area contributed by atoms with Crippen LogP contribution in [0, 0.1) is 12.8 Å². The Morgan fingerprint density at radius 3 is 2.60 bits per heavy atom. The predicted octanol–water partition coefficient (Wildman–Crippen LogP) is 2.71. The van der Waals surface area contributed by atoms with Crippen molar-refractivity contribution in [2.75, 3.05) is 5.73 Å². The van der Waals surface area contributed by atoms with E-state index in [1.807, 2.05) is 24.9 Å². The molecule has 1 saturated carbocycles. The van der Waals surface area contributed by atoms with Crippen molar-refractivity contribution in [3.63, 3.8) is 0 Å². The molecule has 2 N–H and O–H groups in total. The smallest absolute Gasteiger partial charge is 0.131 e. The Kier molecular flexibility index (Phi) is 3.07. The summed E-state index contributed by atoms with van der Waals surface area (Å²) in [6.07, 6.45) is 4.48. The largest absolute Gasteiger partial charge is 0.383 e. The highest BCUT2D eigenvalue weighted by Crippen LogP contribution is 2.42. The van der Waals surface area contributed by atoms with Crippen LogP contribution >= 0.6 is 0 Å². The highest BCUT2D eigenvalue weighted by Gasteiger charge is 2.31. The molecule has 5 heteroatoms. The van der Waals surface area contributed by atoms with Gasteiger partial charge in [0, 0.05) is 31.3 Å². The van der Waals surface area contributed by atoms with E-state index in [4.69, 9.17) is 10.7 Å². The van der Waals surface area contributed by atoms with Crippen molar-refractivity contribution < 1.29 is 0 Å². The zero-order chi connectivity index (χ0) is 14.4. The van der Waals surface area contributed by atoms with Gasteiger partial charge in [-0.05, 0) is 25.7 Å². The summed E-state index contributed by atoms with van der Waals surface area (Å²) in [6.45, 7) is 7.37. The fourth-order valence-electron chi connectivity index (χ4n) is 2.72. The van der Waals surface area contributed by atoms with Gasteiger partial charge in [0.1, 0.15) is 17.3 Å². The predicted molar refractivity (Wildman–Crippen MR) is 80.4 cm³/mol. The van der Waals surface area contributed by atoms with Crippen molar-refractivity contribution in [1.82, 2.24) is 19.3 Å². The number of hydrogen-bond donors (Lipinski definition) is 1. The van der Waals surface area contributed by atoms with Crippen LogP contribution in [0.5, 0.6) is 0 Å². The minimum absolute atomic E-state index is 0.562. The third-order valence-corrected chi connectivity index (χ3v) is 3.80. The average Bonchev–Trinajstić information content (AvgIpc) is 3.08. The lowest BCUT2D eigenvalue weighted by molar-refractivity contribution is 0.512. The summed E-state index contributed by atoms with van der Waals surface area (Å²) in [5.41, 5.74) is 9.33. The molecule has 1 fully saturated rings. The maximum absolute atomic E-state index is 6.39. The molecule has 0 radical (unpaired) electrons. The molecule has 2 aromatic heterocycles. The second-order valence-corrected chi connectivity index (χ2v) is 6.28. The molecule has 108 valence electrons. The number of aromatic nitrogens is 4. The third-order valence-electron chi connectivity index (χ3n) is 3.80. The van der Waals surface area contributed by atoms with E-state index in [2.05, 4.69) is 23.5 Å². The van der Waals surface area contributed by atoms with Crippen LogP contribution in [-0.4, -0.2) is 19.3 Å². The molecular formula is C15H23N5. The standard InChI is InChI=1S/C15H23N5/c1-9(2)7-20-14(16)13(17-15(20)11-5-6-11)12-8-19(4)18-10(12)3/h8-9,11H,5-7,16H2,1-4H3. The van der Waals surface area contributed by atoms with Crippen molar-refractivity contribution >= 4 is 5.82 Å². The molecule has 5 nitrogen and oxygen atoms in total. The molecule has 0 aromatic carbocycles. The molecule has 3 rings (SSSR count). The van der Waals surface area contributed by atoms with Crippen molar-refractivity contribution in [3.8, 4) is 11.3 Å². The molecule has 0 aliphatic heterocycles. The number of aryl methyl sites for hydroxylation is 2. The first-order chi connectivity index (χ1) is 9.47. The Hall–Kier alpha value is -1.78. The lowest BCUT2D eigenvalue weighted by Gasteiger charge is -2.11. The molecule has 2 heterocycles. The molecule has 0 spiro atoms. The van der Waals surface area contributed by atoms with Gasteiger partial charge in [0.15, 0.2) is 0 Å². The summed E-state index contributed by atoms with van der Waals surface area (Å²) in [5, 5.41) is 4.40. The van der Waals surface area contributed by atoms with E-state index in [0.29, 0.717) is 11.8 Å². The van der Waals surface area contributed by atoms with Gasteiger partial charge < -0.3 is 10.3 Å². The summed E-state index contributed by atoms with van der Waals surface area (Å²) in [6, 6.07) is 0. The van der Waals surface area contributed by atoms with Gasteiger partial charge in [-0.2, -0.15) is 5.10 Å². The van der Waals surface area contributed by atoms with Gasteiger partial charge in [0.2, 0.25) is 0 Å². The summed E-state index contributed by atoms with van der Waals surface area (Å²) in [4.78, 5) is 4.85. The fourth-order valence-corrected chi connectivity index (χ4v) is 2.72. The molecule has 0 bridgehead atoms. The van der Waals surface area contributed by atoms with Crippen molar-refractivity contribution in [2.45, 2.75) is 46.1 Å². The van der Waals surface area contributed by atoms with Crippen molar-refractivity contribution in [3.05, 3.63) is 17.7 Å². The Morgan fingerprint density at radius 1 is 1.40 bits per heavy atom.